The summed E-state index contributed by atoms with van der Waals surface area (Å²) in [5, 5.41) is 48.0. The number of aliphatic hydroxyl groups is 1. The van der Waals surface area contributed by atoms with Crippen LogP contribution in [-0.2, 0) is 22.5 Å². The van der Waals surface area contributed by atoms with Gasteiger partial charge in [-0.15, -0.1) is 20.4 Å². The van der Waals surface area contributed by atoms with Gasteiger partial charge < -0.3 is 28.2 Å². The van der Waals surface area contributed by atoms with Crippen LogP contribution in [0.25, 0.3) is 28.7 Å². The zero-order chi connectivity index (χ0) is 52.8. The molecule has 3 aromatic carbocycles. The summed E-state index contributed by atoms with van der Waals surface area (Å²) in [4.78, 5) is 29.8. The van der Waals surface area contributed by atoms with E-state index in [4.69, 9.17) is 23.0 Å². The van der Waals surface area contributed by atoms with Gasteiger partial charge in [-0.1, -0.05) is 43.8 Å². The third-order valence-corrected chi connectivity index (χ3v) is 11.8. The zero-order valence-electron chi connectivity index (χ0n) is 38.0. The number of halogens is 8. The number of aryl methyl sites for hydroxylation is 2. The van der Waals surface area contributed by atoms with Gasteiger partial charge in [0.05, 0.1) is 16.5 Å². The summed E-state index contributed by atoms with van der Waals surface area (Å²) in [7, 11) is 0. The van der Waals surface area contributed by atoms with Gasteiger partial charge in [-0.25, -0.2) is 18.7 Å². The minimum atomic E-state index is -5.21. The fourth-order valence-electron chi connectivity index (χ4n) is 7.71. The first-order chi connectivity index (χ1) is 34.4. The van der Waals surface area contributed by atoms with Crippen molar-refractivity contribution in [1.82, 2.24) is 30.4 Å². The van der Waals surface area contributed by atoms with Gasteiger partial charge in [0.1, 0.15) is 23.1 Å². The molecule has 380 valence electrons. The van der Waals surface area contributed by atoms with Crippen LogP contribution in [0.15, 0.2) is 94.3 Å². The van der Waals surface area contributed by atoms with E-state index in [0.717, 1.165) is 36.4 Å². The molecule has 2 aliphatic rings. The molecule has 3 atom stereocenters. The highest BCUT2D eigenvalue weighted by Crippen LogP contribution is 2.49. The van der Waals surface area contributed by atoms with Crippen molar-refractivity contribution in [2.24, 2.45) is 0 Å². The number of nitrogens with zero attached hydrogens (tertiary/aromatic N) is 8. The van der Waals surface area contributed by atoms with Gasteiger partial charge in [0, 0.05) is 35.4 Å². The van der Waals surface area contributed by atoms with Crippen LogP contribution in [0.1, 0.15) is 78.1 Å². The number of benzene rings is 3. The van der Waals surface area contributed by atoms with E-state index in [9.17, 15) is 60.5 Å². The molecule has 9 rings (SSSR count). The molecular formula is C47H36F8N8O10. The third-order valence-electron chi connectivity index (χ3n) is 11.8. The monoisotopic (exact) mass is 1020 g/mol. The van der Waals surface area contributed by atoms with Crippen LogP contribution >= 0.6 is 0 Å². The molecule has 0 aliphatic carbocycles. The van der Waals surface area contributed by atoms with Crippen LogP contribution in [0, 0.1) is 45.7 Å². The molecule has 7 aromatic rings. The molecule has 0 saturated carbocycles. The maximum absolute atomic E-state index is 14.9. The molecule has 12 bridgehead atoms. The van der Waals surface area contributed by atoms with Gasteiger partial charge in [0.25, 0.3) is 23.6 Å². The SMILES string of the molecule is C=C1CCC(OCc2ccccc2)(C(F)(F)F)c2nnc(o2)-c2nc(c(C)cc2[N+](=O)[O-])Oc2cc(F)cc1c2.Cc1cc([N+](=O)[O-])c2nc1Oc1cc(F)cc(c1)C(C)CCC(O)(C(F)(F)F)c1nnc-2o1. The minimum Gasteiger partial charge on any atom is -0.439 e. The Morgan fingerprint density at radius 1 is 0.740 bits per heavy atom. The Kier molecular flexibility index (Phi) is 13.6. The van der Waals surface area contributed by atoms with Gasteiger partial charge in [0.15, 0.2) is 0 Å². The first-order valence-electron chi connectivity index (χ1n) is 21.5. The third kappa shape index (κ3) is 10.3. The maximum Gasteiger partial charge on any atom is 0.426 e. The van der Waals surface area contributed by atoms with Gasteiger partial charge in [-0.2, -0.15) is 26.3 Å². The predicted molar refractivity (Wildman–Crippen MR) is 236 cm³/mol. The highest BCUT2D eigenvalue weighted by Gasteiger charge is 2.61. The Hall–Kier alpha value is -8.26. The number of allylic oxidation sites excluding steroid dienone is 1. The normalized spacial score (nSPS) is 18.7. The number of ether oxygens (including phenoxy) is 3. The van der Waals surface area contributed by atoms with Crippen LogP contribution in [0.2, 0.25) is 0 Å². The van der Waals surface area contributed by atoms with Crippen molar-refractivity contribution in [1.29, 1.82) is 0 Å². The molecule has 26 heteroatoms. The Morgan fingerprint density at radius 2 is 1.27 bits per heavy atom. The van der Waals surface area contributed by atoms with E-state index >= 15 is 0 Å². The van der Waals surface area contributed by atoms with E-state index < -0.39 is 117 Å². The van der Waals surface area contributed by atoms with Crippen LogP contribution in [0.4, 0.5) is 46.5 Å². The lowest BCUT2D eigenvalue weighted by Gasteiger charge is -2.33. The van der Waals surface area contributed by atoms with Crippen molar-refractivity contribution in [2.45, 2.75) is 82.5 Å². The lowest BCUT2D eigenvalue weighted by molar-refractivity contribution is -0.384. The summed E-state index contributed by atoms with van der Waals surface area (Å²) in [6.07, 6.45) is -12.5. The van der Waals surface area contributed by atoms with Crippen molar-refractivity contribution in [3.8, 4) is 46.4 Å². The molecule has 2 aliphatic heterocycles. The average Bonchev–Trinajstić information content (AvgIpc) is 4.03. The van der Waals surface area contributed by atoms with Crippen LogP contribution in [0.3, 0.4) is 0 Å². The first-order valence-corrected chi connectivity index (χ1v) is 21.5. The molecule has 18 nitrogen and oxygen atoms in total. The largest absolute Gasteiger partial charge is 0.439 e. The van der Waals surface area contributed by atoms with Crippen LogP contribution in [-0.4, -0.2) is 57.7 Å². The molecule has 0 fully saturated rings. The van der Waals surface area contributed by atoms with Gasteiger partial charge in [-0.05, 0) is 92.0 Å². The molecule has 73 heavy (non-hydrogen) atoms. The van der Waals surface area contributed by atoms with E-state index in [0.29, 0.717) is 11.1 Å². The van der Waals surface area contributed by atoms with Gasteiger partial charge in [0.2, 0.25) is 34.3 Å². The number of hydrogen-bond acceptors (Lipinski definition) is 16. The number of fused-ring (bicyclic) bond motifs is 14. The smallest absolute Gasteiger partial charge is 0.426 e. The predicted octanol–water partition coefficient (Wildman–Crippen LogP) is 12.0. The second-order valence-corrected chi connectivity index (χ2v) is 16.9. The molecule has 4 aromatic heterocycles. The summed E-state index contributed by atoms with van der Waals surface area (Å²) < 4.78 is 143. The van der Waals surface area contributed by atoms with Crippen molar-refractivity contribution in [3.63, 3.8) is 0 Å². The maximum atomic E-state index is 14.9. The molecule has 3 unspecified atom stereocenters. The summed E-state index contributed by atoms with van der Waals surface area (Å²) in [6.45, 7) is 7.86. The number of aromatic nitrogens is 6. The second kappa shape index (κ2) is 19.4. The Labute approximate surface area is 405 Å². The Balaban J connectivity index is 0.000000199. The number of alkyl halides is 6. The van der Waals surface area contributed by atoms with E-state index in [2.05, 4.69) is 36.9 Å². The molecule has 6 heterocycles. The van der Waals surface area contributed by atoms with Gasteiger partial charge >= 0.3 is 23.7 Å². The van der Waals surface area contributed by atoms with Gasteiger partial charge in [-0.3, -0.25) is 20.2 Å². The fourth-order valence-corrected chi connectivity index (χ4v) is 7.71. The average molecular weight is 1020 g/mol. The highest BCUT2D eigenvalue weighted by atomic mass is 19.4. The Morgan fingerprint density at radius 3 is 1.82 bits per heavy atom. The molecule has 0 amide bonds. The van der Waals surface area contributed by atoms with E-state index in [1.807, 2.05) is 0 Å². The van der Waals surface area contributed by atoms with Crippen molar-refractivity contribution < 1.29 is 73.1 Å². The lowest BCUT2D eigenvalue weighted by Crippen LogP contribution is -2.45. The second-order valence-electron chi connectivity index (χ2n) is 16.9. The van der Waals surface area contributed by atoms with Crippen molar-refractivity contribution in [3.05, 3.63) is 157 Å². The molecule has 0 radical (unpaired) electrons. The van der Waals surface area contributed by atoms with Crippen LogP contribution in [0.5, 0.6) is 23.3 Å². The standard InChI is InChI=1S/C27H20F4N4O5.C20H16F4N4O5/c1-15-8-9-26(27(29,30)31,38-14-17-6-4-3-5-7-17)25-34-33-24(40-25)22-21(35(36)37)10-16(2)23(32-22)39-20-12-18(15)11-19(28)13-20;1-9-3-4-19(29,20(22,23)24)18-27-26-17(33-18)15-14(28(30)31)5-10(2)16(25-15)32-13-7-11(9)6-12(21)8-13/h3-7,10-13H,1,8-9,14H2,2H3;5-9,29H,3-4H2,1-2H3. The molecule has 1 N–H and O–H groups in total. The summed E-state index contributed by atoms with van der Waals surface area (Å²) in [5.74, 6) is -6.01. The number of rotatable bonds is 5. The van der Waals surface area contributed by atoms with Crippen molar-refractivity contribution >= 4 is 16.9 Å². The van der Waals surface area contributed by atoms with Crippen molar-refractivity contribution in [2.75, 3.05) is 0 Å². The highest BCUT2D eigenvalue weighted by molar-refractivity contribution is 5.67. The summed E-state index contributed by atoms with van der Waals surface area (Å²) >= 11 is 0. The van der Waals surface area contributed by atoms with E-state index in [1.165, 1.54) is 26.0 Å². The first kappa shape index (κ1) is 51.1. The zero-order valence-corrected chi connectivity index (χ0v) is 38.0. The van der Waals surface area contributed by atoms with E-state index in [1.54, 1.807) is 37.3 Å². The molecule has 0 saturated heterocycles. The Bertz CT molecular complexity index is 3280. The molecular weight excluding hydrogens is 989 g/mol. The van der Waals surface area contributed by atoms with Crippen LogP contribution < -0.4 is 9.47 Å². The molecule has 0 spiro atoms. The summed E-state index contributed by atoms with van der Waals surface area (Å²) in [5.41, 5.74) is -7.52. The summed E-state index contributed by atoms with van der Waals surface area (Å²) in [6, 6.07) is 17.4. The lowest BCUT2D eigenvalue weighted by atomic mass is 9.88. The topological polar surface area (TPSA) is 238 Å². The number of hydrogen-bond donors (Lipinski definition) is 1. The number of nitro groups is 2. The van der Waals surface area contributed by atoms with E-state index in [-0.39, 0.29) is 58.4 Å². The minimum absolute atomic E-state index is 0.0124. The number of pyridine rings is 2. The quantitative estimate of drug-likeness (QED) is 0.0958. The fraction of sp³-hybridized carbons (Fsp3) is 0.277.